The van der Waals surface area contributed by atoms with E-state index in [0.29, 0.717) is 11.4 Å². The number of carboxylic acid groups (broad SMARTS) is 1. The van der Waals surface area contributed by atoms with Gasteiger partial charge < -0.3 is 10.2 Å². The molecule has 2 N–H and O–H groups in total. The summed E-state index contributed by atoms with van der Waals surface area (Å²) in [6, 6.07) is 9.48. The van der Waals surface area contributed by atoms with E-state index in [1.54, 1.807) is 6.07 Å². The van der Waals surface area contributed by atoms with Crippen LogP contribution in [0.4, 0.5) is 11.4 Å². The van der Waals surface area contributed by atoms with Gasteiger partial charge in [-0.15, -0.1) is 10.3 Å². The van der Waals surface area contributed by atoms with E-state index < -0.39 is 17.0 Å². The number of azo groups is 1. The Balaban J connectivity index is 1.96. The van der Waals surface area contributed by atoms with Gasteiger partial charge in [-0.1, -0.05) is 6.07 Å². The van der Waals surface area contributed by atoms with Crippen LogP contribution in [0.25, 0.3) is 0 Å². The minimum absolute atomic E-state index is 0.236. The molecule has 1 radical (unpaired) electrons. The molecule has 7 heteroatoms. The van der Waals surface area contributed by atoms with Crippen LogP contribution < -0.4 is 0 Å². The average molecular weight is 354 g/mol. The van der Waals surface area contributed by atoms with E-state index in [1.165, 1.54) is 18.2 Å². The molecule has 7 nitrogen and oxygen atoms in total. The number of hydrogen-bond donors (Lipinski definition) is 2. The van der Waals surface area contributed by atoms with Gasteiger partial charge in [-0.2, -0.15) is 10.2 Å². The van der Waals surface area contributed by atoms with Crippen molar-refractivity contribution in [2.75, 3.05) is 0 Å². The third kappa shape index (κ3) is 2.75. The molecule has 1 aliphatic heterocycles. The predicted molar refractivity (Wildman–Crippen MR) is 94.3 cm³/mol. The SMILES string of the molecule is CC1(C)c2ccc(N=Nc3ccc(O)c(C(=O)O)c3)cc2C(C)(C)N1[O]. The van der Waals surface area contributed by atoms with Gasteiger partial charge in [-0.3, -0.25) is 0 Å². The third-order valence-corrected chi connectivity index (χ3v) is 4.83. The molecule has 0 unspecified atom stereocenters. The summed E-state index contributed by atoms with van der Waals surface area (Å²) in [5.41, 5.74) is 1.18. The van der Waals surface area contributed by atoms with Gasteiger partial charge >= 0.3 is 5.97 Å². The number of fused-ring (bicyclic) bond motifs is 1. The molecule has 3 rings (SSSR count). The highest BCUT2D eigenvalue weighted by Gasteiger charge is 2.49. The number of nitrogens with zero attached hydrogens (tertiary/aromatic N) is 3. The normalized spacial score (nSPS) is 18.2. The zero-order valence-electron chi connectivity index (χ0n) is 15.0. The van der Waals surface area contributed by atoms with Crippen LogP contribution in [-0.4, -0.2) is 21.2 Å². The van der Waals surface area contributed by atoms with Crippen molar-refractivity contribution in [2.45, 2.75) is 38.8 Å². The minimum atomic E-state index is -1.24. The summed E-state index contributed by atoms with van der Waals surface area (Å²) < 4.78 is 0. The van der Waals surface area contributed by atoms with E-state index in [9.17, 15) is 15.1 Å². The van der Waals surface area contributed by atoms with Gasteiger partial charge in [0.15, 0.2) is 0 Å². The zero-order chi connectivity index (χ0) is 19.3. The largest absolute Gasteiger partial charge is 0.507 e. The van der Waals surface area contributed by atoms with E-state index in [1.807, 2.05) is 39.8 Å². The fraction of sp³-hybridized carbons (Fsp3) is 0.316. The molecule has 0 bridgehead atoms. The quantitative estimate of drug-likeness (QED) is 0.783. The molecule has 26 heavy (non-hydrogen) atoms. The standard InChI is InChI=1S/C19H20N3O4/c1-18(2)14-7-5-12(10-15(14)19(3,4)22(18)26)21-20-11-6-8-16(23)13(9-11)17(24)25/h5-10,23H,1-4H3,(H,24,25). The molecule has 135 valence electrons. The first-order chi connectivity index (χ1) is 12.0. The lowest BCUT2D eigenvalue weighted by molar-refractivity contribution is -0.266. The Hall–Kier alpha value is -2.77. The van der Waals surface area contributed by atoms with Crippen molar-refractivity contribution < 1.29 is 20.2 Å². The molecule has 0 fully saturated rings. The number of aromatic hydroxyl groups is 1. The molecule has 0 saturated carbocycles. The molecule has 0 atom stereocenters. The number of hydroxylamine groups is 2. The Kier molecular flexibility index (Phi) is 4.09. The van der Waals surface area contributed by atoms with Gasteiger partial charge in [-0.25, -0.2) is 4.79 Å². The number of hydrogen-bond acceptors (Lipinski definition) is 5. The Bertz CT molecular complexity index is 919. The van der Waals surface area contributed by atoms with Gasteiger partial charge in [0.05, 0.1) is 22.5 Å². The monoisotopic (exact) mass is 354 g/mol. The fourth-order valence-corrected chi connectivity index (χ4v) is 3.42. The summed E-state index contributed by atoms with van der Waals surface area (Å²) in [6.07, 6.45) is 0. The van der Waals surface area contributed by atoms with Gasteiger partial charge in [0.25, 0.3) is 0 Å². The highest BCUT2D eigenvalue weighted by atomic mass is 16.5. The molecular weight excluding hydrogens is 334 g/mol. The summed E-state index contributed by atoms with van der Waals surface area (Å²) in [5, 5.41) is 40.5. The predicted octanol–water partition coefficient (Wildman–Crippen LogP) is 4.64. The molecule has 0 amide bonds. The lowest BCUT2D eigenvalue weighted by Gasteiger charge is -2.32. The number of benzene rings is 2. The first-order valence-corrected chi connectivity index (χ1v) is 8.15. The van der Waals surface area contributed by atoms with Crippen LogP contribution in [0.1, 0.15) is 49.2 Å². The molecule has 0 aromatic heterocycles. The Labute approximate surface area is 151 Å². The highest BCUT2D eigenvalue weighted by Crippen LogP contribution is 2.49. The van der Waals surface area contributed by atoms with Crippen LogP contribution in [0.15, 0.2) is 46.6 Å². The van der Waals surface area contributed by atoms with Gasteiger partial charge in [-0.05, 0) is 69.2 Å². The van der Waals surface area contributed by atoms with Crippen molar-refractivity contribution in [1.82, 2.24) is 5.06 Å². The number of phenols is 1. The third-order valence-electron chi connectivity index (χ3n) is 4.83. The zero-order valence-corrected chi connectivity index (χ0v) is 15.0. The number of aromatic carboxylic acids is 1. The molecule has 1 heterocycles. The maximum atomic E-state index is 12.6. The molecule has 1 aliphatic rings. The van der Waals surface area contributed by atoms with Crippen molar-refractivity contribution in [3.05, 3.63) is 53.1 Å². The first-order valence-electron chi connectivity index (χ1n) is 8.15. The van der Waals surface area contributed by atoms with Crippen LogP contribution in [0.5, 0.6) is 5.75 Å². The number of carbonyl (C=O) groups is 1. The molecule has 2 aromatic carbocycles. The Morgan fingerprint density at radius 1 is 0.923 bits per heavy atom. The van der Waals surface area contributed by atoms with Crippen molar-refractivity contribution >= 4 is 17.3 Å². The Morgan fingerprint density at radius 2 is 1.46 bits per heavy atom. The lowest BCUT2D eigenvalue weighted by atomic mass is 9.90. The van der Waals surface area contributed by atoms with Crippen LogP contribution in [0.2, 0.25) is 0 Å². The topological polar surface area (TPSA) is 105 Å². The molecule has 0 aliphatic carbocycles. The van der Waals surface area contributed by atoms with Crippen molar-refractivity contribution in [3.63, 3.8) is 0 Å². The van der Waals surface area contributed by atoms with Gasteiger partial charge in [0, 0.05) is 0 Å². The van der Waals surface area contributed by atoms with E-state index >= 15 is 0 Å². The second kappa shape index (κ2) is 5.89. The molecule has 0 saturated heterocycles. The summed E-state index contributed by atoms with van der Waals surface area (Å²) in [6.45, 7) is 7.51. The van der Waals surface area contributed by atoms with Gasteiger partial charge in [0.2, 0.25) is 0 Å². The van der Waals surface area contributed by atoms with Crippen LogP contribution in [-0.2, 0) is 16.3 Å². The summed E-state index contributed by atoms with van der Waals surface area (Å²) >= 11 is 0. The average Bonchev–Trinajstić information content (AvgIpc) is 2.72. The smallest absolute Gasteiger partial charge is 0.339 e. The van der Waals surface area contributed by atoms with E-state index in [4.69, 9.17) is 5.11 Å². The minimum Gasteiger partial charge on any atom is -0.507 e. The van der Waals surface area contributed by atoms with Crippen LogP contribution >= 0.6 is 0 Å². The maximum Gasteiger partial charge on any atom is 0.339 e. The molecule has 0 spiro atoms. The summed E-state index contributed by atoms with van der Waals surface area (Å²) in [4.78, 5) is 11.1. The Morgan fingerprint density at radius 3 is 2.08 bits per heavy atom. The van der Waals surface area contributed by atoms with Crippen molar-refractivity contribution in [1.29, 1.82) is 0 Å². The van der Waals surface area contributed by atoms with Crippen LogP contribution in [0, 0.1) is 0 Å². The number of carboxylic acids is 1. The summed E-state index contributed by atoms with van der Waals surface area (Å²) in [5.74, 6) is -1.56. The molecular formula is C19H20N3O4. The van der Waals surface area contributed by atoms with Crippen molar-refractivity contribution in [2.24, 2.45) is 10.2 Å². The summed E-state index contributed by atoms with van der Waals surface area (Å²) in [7, 11) is 0. The van der Waals surface area contributed by atoms with Crippen molar-refractivity contribution in [3.8, 4) is 5.75 Å². The van der Waals surface area contributed by atoms with Gasteiger partial charge in [0.1, 0.15) is 11.3 Å². The van der Waals surface area contributed by atoms with E-state index in [2.05, 4.69) is 10.2 Å². The van der Waals surface area contributed by atoms with E-state index in [0.717, 1.165) is 16.2 Å². The van der Waals surface area contributed by atoms with E-state index in [-0.39, 0.29) is 11.3 Å². The first kappa shape index (κ1) is 18.0. The second-order valence-electron chi connectivity index (χ2n) is 7.35. The maximum absolute atomic E-state index is 12.6. The highest BCUT2D eigenvalue weighted by molar-refractivity contribution is 5.91. The lowest BCUT2D eigenvalue weighted by Crippen LogP contribution is -2.41. The second-order valence-corrected chi connectivity index (χ2v) is 7.35. The van der Waals surface area contributed by atoms with Crippen LogP contribution in [0.3, 0.4) is 0 Å². The fourth-order valence-electron chi connectivity index (χ4n) is 3.42. The molecule has 2 aromatic rings. The number of rotatable bonds is 3.